The predicted octanol–water partition coefficient (Wildman–Crippen LogP) is 1.87. The maximum absolute atomic E-state index is 5.69. The molecule has 0 spiro atoms. The molecule has 0 saturated carbocycles. The highest BCUT2D eigenvalue weighted by Crippen LogP contribution is 2.04. The Labute approximate surface area is 64.2 Å². The first-order valence-electron chi connectivity index (χ1n) is 2.49. The summed E-state index contributed by atoms with van der Waals surface area (Å²) in [5, 5.41) is 0. The lowest BCUT2D eigenvalue weighted by molar-refractivity contribution is 1.75. The quantitative estimate of drug-likeness (QED) is 0.465. The largest absolute Gasteiger partial charge is 0.130 e. The number of hydrogen-bond donors (Lipinski definition) is 0. The van der Waals surface area contributed by atoms with E-state index in [1.165, 1.54) is 0 Å². The molecule has 48 valence electrons. The van der Waals surface area contributed by atoms with Crippen molar-refractivity contribution in [2.24, 2.45) is 0 Å². The van der Waals surface area contributed by atoms with Crippen molar-refractivity contribution in [2.45, 2.75) is 13.1 Å². The minimum Gasteiger partial charge on any atom is -0.130 e. The average Bonchev–Trinajstić information content (AvgIpc) is 1.87. The van der Waals surface area contributed by atoms with Gasteiger partial charge in [0.1, 0.15) is 0 Å². The SMILES string of the molecule is C[Si][Si](C)(CCl)CCl. The molecule has 0 heterocycles. The number of hydrogen-bond acceptors (Lipinski definition) is 0. The van der Waals surface area contributed by atoms with Crippen molar-refractivity contribution in [1.29, 1.82) is 0 Å². The molecule has 0 N–H and O–H groups in total. The predicted molar refractivity (Wildman–Crippen MR) is 44.7 cm³/mol. The summed E-state index contributed by atoms with van der Waals surface area (Å²) < 4.78 is 0. The first-order valence-corrected chi connectivity index (χ1v) is 8.97. The Morgan fingerprint density at radius 1 is 1.38 bits per heavy atom. The molecule has 0 fully saturated rings. The van der Waals surface area contributed by atoms with Crippen molar-refractivity contribution in [3.05, 3.63) is 0 Å². The van der Waals surface area contributed by atoms with E-state index in [-0.39, 0.29) is 0 Å². The molecule has 0 unspecified atom stereocenters. The normalized spacial score (nSPS) is 12.0. The van der Waals surface area contributed by atoms with Crippen molar-refractivity contribution in [1.82, 2.24) is 0 Å². The fourth-order valence-electron chi connectivity index (χ4n) is 0.169. The third kappa shape index (κ3) is 2.53. The molecule has 8 heavy (non-hydrogen) atoms. The van der Waals surface area contributed by atoms with Crippen LogP contribution in [0.3, 0.4) is 0 Å². The lowest BCUT2D eigenvalue weighted by Crippen LogP contribution is -2.42. The second-order valence-corrected chi connectivity index (χ2v) is 13.0. The van der Waals surface area contributed by atoms with E-state index in [1.807, 2.05) is 0 Å². The molecule has 0 rings (SSSR count). The zero-order valence-corrected chi connectivity index (χ0v) is 8.68. The zero-order valence-electron chi connectivity index (χ0n) is 5.17. The van der Waals surface area contributed by atoms with Crippen molar-refractivity contribution >= 4 is 39.8 Å². The summed E-state index contributed by atoms with van der Waals surface area (Å²) in [5.74, 6) is 0. The van der Waals surface area contributed by atoms with Crippen LogP contribution in [0.15, 0.2) is 0 Å². The topological polar surface area (TPSA) is 0 Å². The molecular formula is C4H10Cl2Si2. The summed E-state index contributed by atoms with van der Waals surface area (Å²) in [7, 11) is -0.136. The molecule has 0 amide bonds. The van der Waals surface area contributed by atoms with Crippen LogP contribution in [0.1, 0.15) is 0 Å². The van der Waals surface area contributed by atoms with E-state index in [4.69, 9.17) is 23.2 Å². The maximum Gasteiger partial charge on any atom is 0.0716 e. The van der Waals surface area contributed by atoms with Crippen molar-refractivity contribution in [3.8, 4) is 0 Å². The van der Waals surface area contributed by atoms with E-state index in [0.717, 1.165) is 20.0 Å². The Hall–Kier alpha value is 1.01. The fraction of sp³-hybridized carbons (Fsp3) is 1.00. The highest BCUT2D eigenvalue weighted by molar-refractivity contribution is 7.27. The second-order valence-electron chi connectivity index (χ2n) is 2.08. The van der Waals surface area contributed by atoms with Gasteiger partial charge >= 0.3 is 0 Å². The Morgan fingerprint density at radius 3 is 1.75 bits per heavy atom. The van der Waals surface area contributed by atoms with E-state index in [9.17, 15) is 0 Å². The van der Waals surface area contributed by atoms with Crippen molar-refractivity contribution in [2.75, 3.05) is 11.0 Å². The number of halogens is 2. The highest BCUT2D eigenvalue weighted by atomic mass is 35.5. The molecule has 0 aliphatic rings. The third-order valence-corrected chi connectivity index (χ3v) is 13.1. The van der Waals surface area contributed by atoms with E-state index in [0.29, 0.717) is 0 Å². The average molecular weight is 185 g/mol. The number of alkyl halides is 2. The van der Waals surface area contributed by atoms with E-state index < -0.39 is 7.59 Å². The molecule has 2 radical (unpaired) electrons. The van der Waals surface area contributed by atoms with Crippen LogP contribution in [0.4, 0.5) is 0 Å². The fourth-order valence-corrected chi connectivity index (χ4v) is 4.57. The molecule has 0 atom stereocenters. The van der Waals surface area contributed by atoms with E-state index in [2.05, 4.69) is 13.1 Å². The number of rotatable bonds is 3. The Kier molecular flexibility index (Phi) is 4.43. The van der Waals surface area contributed by atoms with Crippen LogP contribution < -0.4 is 0 Å². The monoisotopic (exact) mass is 184 g/mol. The molecular weight excluding hydrogens is 175 g/mol. The van der Waals surface area contributed by atoms with E-state index in [1.54, 1.807) is 0 Å². The summed E-state index contributed by atoms with van der Waals surface area (Å²) in [5.41, 5.74) is 1.62. The Morgan fingerprint density at radius 2 is 1.75 bits per heavy atom. The molecule has 4 heteroatoms. The lowest BCUT2D eigenvalue weighted by Gasteiger charge is -2.17. The van der Waals surface area contributed by atoms with Gasteiger partial charge in [-0.2, -0.15) is 0 Å². The van der Waals surface area contributed by atoms with Gasteiger partial charge in [-0.3, -0.25) is 0 Å². The summed E-state index contributed by atoms with van der Waals surface area (Å²) in [6, 6.07) is 0. The highest BCUT2D eigenvalue weighted by Gasteiger charge is 2.22. The standard InChI is InChI=1S/C4H10Cl2Si2/c1-7-8(2,3-5)4-6/h3-4H2,1-2H3. The van der Waals surface area contributed by atoms with Gasteiger partial charge < -0.3 is 0 Å². The van der Waals surface area contributed by atoms with Crippen LogP contribution in [0.25, 0.3) is 0 Å². The molecule has 0 saturated heterocycles. The van der Waals surface area contributed by atoms with Gasteiger partial charge in [-0.25, -0.2) is 0 Å². The van der Waals surface area contributed by atoms with Gasteiger partial charge in [-0.05, 0) is 0 Å². The minimum atomic E-state index is -1.11. The summed E-state index contributed by atoms with van der Waals surface area (Å²) in [6.45, 7) is 4.43. The van der Waals surface area contributed by atoms with Gasteiger partial charge in [0.05, 0.1) is 7.59 Å². The van der Waals surface area contributed by atoms with Gasteiger partial charge in [0.25, 0.3) is 0 Å². The molecule has 0 nitrogen and oxygen atoms in total. The zero-order chi connectivity index (χ0) is 6.62. The lowest BCUT2D eigenvalue weighted by atomic mass is 11.8. The molecule has 0 aromatic carbocycles. The minimum absolute atomic E-state index is 0.811. The van der Waals surface area contributed by atoms with Crippen LogP contribution in [0.2, 0.25) is 13.1 Å². The smallest absolute Gasteiger partial charge is 0.0716 e. The molecule has 0 aliphatic carbocycles. The van der Waals surface area contributed by atoms with Gasteiger partial charge in [0, 0.05) is 20.0 Å². The Balaban J connectivity index is 3.58. The second kappa shape index (κ2) is 3.93. The van der Waals surface area contributed by atoms with E-state index >= 15 is 0 Å². The van der Waals surface area contributed by atoms with Gasteiger partial charge in [-0.15, -0.1) is 23.2 Å². The van der Waals surface area contributed by atoms with Crippen LogP contribution >= 0.6 is 23.2 Å². The van der Waals surface area contributed by atoms with Crippen LogP contribution in [0, 0.1) is 0 Å². The van der Waals surface area contributed by atoms with Gasteiger partial charge in [0.15, 0.2) is 0 Å². The summed E-state index contributed by atoms with van der Waals surface area (Å²) in [4.78, 5) is 0. The maximum atomic E-state index is 5.69. The molecule has 0 bridgehead atoms. The van der Waals surface area contributed by atoms with Crippen LogP contribution in [-0.2, 0) is 0 Å². The third-order valence-electron chi connectivity index (χ3n) is 1.19. The van der Waals surface area contributed by atoms with Crippen LogP contribution in [-0.4, -0.2) is 27.6 Å². The van der Waals surface area contributed by atoms with Crippen molar-refractivity contribution < 1.29 is 0 Å². The first kappa shape index (κ1) is 9.01. The van der Waals surface area contributed by atoms with Crippen LogP contribution in [0.5, 0.6) is 0 Å². The van der Waals surface area contributed by atoms with Crippen molar-refractivity contribution in [3.63, 3.8) is 0 Å². The van der Waals surface area contributed by atoms with Gasteiger partial charge in [-0.1, -0.05) is 13.1 Å². The first-order chi connectivity index (χ1) is 3.68. The summed E-state index contributed by atoms with van der Waals surface area (Å²) in [6.07, 6.45) is 0. The molecule has 0 aromatic heterocycles. The summed E-state index contributed by atoms with van der Waals surface area (Å²) >= 11 is 11.4. The van der Waals surface area contributed by atoms with Gasteiger partial charge in [0.2, 0.25) is 0 Å². The molecule has 0 aromatic rings. The Bertz CT molecular complexity index is 54.8. The molecule has 0 aliphatic heterocycles.